The summed E-state index contributed by atoms with van der Waals surface area (Å²) >= 11 is 0. The zero-order valence-electron chi connectivity index (χ0n) is 10.8. The summed E-state index contributed by atoms with van der Waals surface area (Å²) in [6.45, 7) is 7.67. The minimum Gasteiger partial charge on any atom is -0.375 e. The summed E-state index contributed by atoms with van der Waals surface area (Å²) < 4.78 is 5.69. The predicted molar refractivity (Wildman–Crippen MR) is 71.5 cm³/mol. The van der Waals surface area contributed by atoms with Crippen molar-refractivity contribution < 1.29 is 4.74 Å². The van der Waals surface area contributed by atoms with Crippen LogP contribution in [0.2, 0.25) is 0 Å². The molecule has 17 heavy (non-hydrogen) atoms. The molecular weight excluding hydrogens is 212 g/mol. The lowest BCUT2D eigenvalue weighted by atomic mass is 10.1. The van der Waals surface area contributed by atoms with Crippen LogP contribution in [-0.2, 0) is 4.74 Å². The van der Waals surface area contributed by atoms with Crippen LogP contribution in [0, 0.1) is 13.8 Å². The molecule has 1 unspecified atom stereocenters. The molecule has 1 aromatic carbocycles. The van der Waals surface area contributed by atoms with Gasteiger partial charge in [0.2, 0.25) is 0 Å². The molecule has 0 aromatic heterocycles. The standard InChI is InChI=1S/C14H22N2O/c1-11-3-4-13(9-12(11)2)16-7-5-14(10-16)17-8-6-15/h3-4,9,14H,5-8,10,15H2,1-2H3. The summed E-state index contributed by atoms with van der Waals surface area (Å²) in [6.07, 6.45) is 1.45. The zero-order valence-corrected chi connectivity index (χ0v) is 10.8. The van der Waals surface area contributed by atoms with Crippen LogP contribution in [0.5, 0.6) is 0 Å². The van der Waals surface area contributed by atoms with Gasteiger partial charge < -0.3 is 15.4 Å². The molecule has 1 aliphatic rings. The number of hydrogen-bond donors (Lipinski definition) is 1. The topological polar surface area (TPSA) is 38.5 Å². The van der Waals surface area contributed by atoms with Crippen molar-refractivity contribution in [2.45, 2.75) is 26.4 Å². The Morgan fingerprint density at radius 3 is 2.88 bits per heavy atom. The maximum atomic E-state index is 5.69. The van der Waals surface area contributed by atoms with Crippen LogP contribution in [0.15, 0.2) is 18.2 Å². The van der Waals surface area contributed by atoms with Gasteiger partial charge in [-0.05, 0) is 43.5 Å². The number of rotatable bonds is 4. The maximum Gasteiger partial charge on any atom is 0.0767 e. The van der Waals surface area contributed by atoms with Crippen molar-refractivity contribution in [1.29, 1.82) is 0 Å². The van der Waals surface area contributed by atoms with Gasteiger partial charge in [0.05, 0.1) is 12.7 Å². The first-order valence-corrected chi connectivity index (χ1v) is 6.34. The largest absolute Gasteiger partial charge is 0.375 e. The van der Waals surface area contributed by atoms with Gasteiger partial charge >= 0.3 is 0 Å². The van der Waals surface area contributed by atoms with E-state index < -0.39 is 0 Å². The third kappa shape index (κ3) is 2.99. The van der Waals surface area contributed by atoms with Crippen LogP contribution in [0.4, 0.5) is 5.69 Å². The van der Waals surface area contributed by atoms with Crippen molar-refractivity contribution in [1.82, 2.24) is 0 Å². The minimum atomic E-state index is 0.347. The number of nitrogens with two attached hydrogens (primary N) is 1. The van der Waals surface area contributed by atoms with E-state index in [1.165, 1.54) is 16.8 Å². The fourth-order valence-corrected chi connectivity index (χ4v) is 2.26. The van der Waals surface area contributed by atoms with Gasteiger partial charge in [-0.2, -0.15) is 0 Å². The molecule has 0 bridgehead atoms. The summed E-state index contributed by atoms with van der Waals surface area (Å²) in [4.78, 5) is 2.40. The van der Waals surface area contributed by atoms with E-state index >= 15 is 0 Å². The molecule has 1 heterocycles. The molecule has 0 aliphatic carbocycles. The quantitative estimate of drug-likeness (QED) is 0.864. The first kappa shape index (κ1) is 12.4. The average Bonchev–Trinajstić information content (AvgIpc) is 2.79. The lowest BCUT2D eigenvalue weighted by molar-refractivity contribution is 0.0742. The third-order valence-electron chi connectivity index (χ3n) is 3.47. The molecule has 0 spiro atoms. The summed E-state index contributed by atoms with van der Waals surface area (Å²) in [5.74, 6) is 0. The fraction of sp³-hybridized carbons (Fsp3) is 0.571. The monoisotopic (exact) mass is 234 g/mol. The van der Waals surface area contributed by atoms with E-state index in [9.17, 15) is 0 Å². The van der Waals surface area contributed by atoms with Gasteiger partial charge in [-0.3, -0.25) is 0 Å². The summed E-state index contributed by atoms with van der Waals surface area (Å²) in [5.41, 5.74) is 9.47. The molecule has 1 atom stereocenters. The molecule has 1 saturated heterocycles. The molecule has 0 saturated carbocycles. The second-order valence-corrected chi connectivity index (χ2v) is 4.78. The first-order valence-electron chi connectivity index (χ1n) is 6.34. The van der Waals surface area contributed by atoms with Crippen LogP contribution in [0.1, 0.15) is 17.5 Å². The molecule has 2 N–H and O–H groups in total. The molecule has 1 aromatic rings. The molecule has 0 amide bonds. The highest BCUT2D eigenvalue weighted by molar-refractivity contribution is 5.51. The molecule has 3 nitrogen and oxygen atoms in total. The predicted octanol–water partition coefficient (Wildman–Crippen LogP) is 1.86. The lowest BCUT2D eigenvalue weighted by Crippen LogP contribution is -2.24. The van der Waals surface area contributed by atoms with E-state index in [-0.39, 0.29) is 0 Å². The number of benzene rings is 1. The van der Waals surface area contributed by atoms with Crippen LogP contribution in [-0.4, -0.2) is 32.3 Å². The van der Waals surface area contributed by atoms with Crippen molar-refractivity contribution in [3.8, 4) is 0 Å². The van der Waals surface area contributed by atoms with Gasteiger partial charge in [-0.1, -0.05) is 6.07 Å². The first-order chi connectivity index (χ1) is 8.20. The lowest BCUT2D eigenvalue weighted by Gasteiger charge is -2.19. The minimum absolute atomic E-state index is 0.347. The van der Waals surface area contributed by atoms with E-state index in [1.807, 2.05) is 0 Å². The van der Waals surface area contributed by atoms with E-state index in [0.717, 1.165) is 19.5 Å². The van der Waals surface area contributed by atoms with Crippen LogP contribution >= 0.6 is 0 Å². The molecule has 1 fully saturated rings. The SMILES string of the molecule is Cc1ccc(N2CCC(OCCN)C2)cc1C. The van der Waals surface area contributed by atoms with Gasteiger partial charge in [-0.25, -0.2) is 0 Å². The summed E-state index contributed by atoms with van der Waals surface area (Å²) in [7, 11) is 0. The van der Waals surface area contributed by atoms with E-state index in [0.29, 0.717) is 19.3 Å². The molecule has 3 heteroatoms. The number of nitrogens with zero attached hydrogens (tertiary/aromatic N) is 1. The number of hydrogen-bond acceptors (Lipinski definition) is 3. The molecule has 0 radical (unpaired) electrons. The fourth-order valence-electron chi connectivity index (χ4n) is 2.26. The molecule has 94 valence electrons. The summed E-state index contributed by atoms with van der Waals surface area (Å²) in [6, 6.07) is 6.66. The van der Waals surface area contributed by atoms with E-state index in [1.54, 1.807) is 0 Å². The second kappa shape index (κ2) is 5.52. The van der Waals surface area contributed by atoms with Gasteiger partial charge in [0, 0.05) is 25.3 Å². The highest BCUT2D eigenvalue weighted by atomic mass is 16.5. The second-order valence-electron chi connectivity index (χ2n) is 4.78. The highest BCUT2D eigenvalue weighted by Gasteiger charge is 2.23. The molecular formula is C14H22N2O. The number of aryl methyl sites for hydroxylation is 2. The Balaban J connectivity index is 1.97. The Morgan fingerprint density at radius 2 is 2.18 bits per heavy atom. The van der Waals surface area contributed by atoms with Gasteiger partial charge in [0.15, 0.2) is 0 Å². The Kier molecular flexibility index (Phi) is 4.02. The van der Waals surface area contributed by atoms with Crippen molar-refractivity contribution in [3.63, 3.8) is 0 Å². The van der Waals surface area contributed by atoms with Crippen molar-refractivity contribution in [2.24, 2.45) is 5.73 Å². The van der Waals surface area contributed by atoms with Crippen molar-refractivity contribution in [3.05, 3.63) is 29.3 Å². The molecule has 2 rings (SSSR count). The van der Waals surface area contributed by atoms with Crippen molar-refractivity contribution in [2.75, 3.05) is 31.1 Å². The van der Waals surface area contributed by atoms with Crippen LogP contribution in [0.3, 0.4) is 0 Å². The van der Waals surface area contributed by atoms with Crippen molar-refractivity contribution >= 4 is 5.69 Å². The smallest absolute Gasteiger partial charge is 0.0767 e. The van der Waals surface area contributed by atoms with Crippen LogP contribution < -0.4 is 10.6 Å². The Morgan fingerprint density at radius 1 is 1.35 bits per heavy atom. The number of ether oxygens (including phenoxy) is 1. The van der Waals surface area contributed by atoms with Gasteiger partial charge in [0.25, 0.3) is 0 Å². The Hall–Kier alpha value is -1.06. The number of anilines is 1. The zero-order chi connectivity index (χ0) is 12.3. The van der Waals surface area contributed by atoms with Crippen LogP contribution in [0.25, 0.3) is 0 Å². The summed E-state index contributed by atoms with van der Waals surface area (Å²) in [5, 5.41) is 0. The van der Waals surface area contributed by atoms with E-state index in [2.05, 4.69) is 36.9 Å². The highest BCUT2D eigenvalue weighted by Crippen LogP contribution is 2.23. The Labute approximate surface area is 104 Å². The average molecular weight is 234 g/mol. The normalized spacial score (nSPS) is 19.9. The third-order valence-corrected chi connectivity index (χ3v) is 3.47. The van der Waals surface area contributed by atoms with E-state index in [4.69, 9.17) is 10.5 Å². The van der Waals surface area contributed by atoms with Gasteiger partial charge in [-0.15, -0.1) is 0 Å². The van der Waals surface area contributed by atoms with Gasteiger partial charge in [0.1, 0.15) is 0 Å². The molecule has 1 aliphatic heterocycles. The Bertz CT molecular complexity index is 378. The maximum absolute atomic E-state index is 5.69.